The summed E-state index contributed by atoms with van der Waals surface area (Å²) >= 11 is 3.50. The van der Waals surface area contributed by atoms with Gasteiger partial charge in [0.05, 0.1) is 16.9 Å². The molecule has 0 aliphatic carbocycles. The van der Waals surface area contributed by atoms with Gasteiger partial charge in [0.1, 0.15) is 5.69 Å². The molecule has 1 aromatic carbocycles. The van der Waals surface area contributed by atoms with Crippen LogP contribution in [0.15, 0.2) is 89.9 Å². The van der Waals surface area contributed by atoms with Gasteiger partial charge in [-0.3, -0.25) is 9.97 Å². The molecule has 0 amide bonds. The predicted molar refractivity (Wildman–Crippen MR) is 117 cm³/mol. The largest absolute Gasteiger partial charge is 0.264 e. The minimum absolute atomic E-state index is 0.565. The summed E-state index contributed by atoms with van der Waals surface area (Å²) in [5.41, 5.74) is 5.04. The van der Waals surface area contributed by atoms with Gasteiger partial charge in [0.2, 0.25) is 0 Å². The lowest BCUT2D eigenvalue weighted by Gasteiger charge is -2.09. The van der Waals surface area contributed by atoms with Crippen molar-refractivity contribution in [3.05, 3.63) is 89.9 Å². The van der Waals surface area contributed by atoms with Crippen molar-refractivity contribution < 1.29 is 0 Å². The zero-order valence-electron chi connectivity index (χ0n) is 15.2. The van der Waals surface area contributed by atoms with Gasteiger partial charge in [0.15, 0.2) is 5.82 Å². The van der Waals surface area contributed by atoms with E-state index in [0.29, 0.717) is 5.82 Å². The van der Waals surface area contributed by atoms with Gasteiger partial charge in [0, 0.05) is 45.8 Å². The first kappa shape index (κ1) is 17.6. The Balaban J connectivity index is 1.70. The van der Waals surface area contributed by atoms with Crippen molar-refractivity contribution in [3.8, 4) is 34.0 Å². The molecule has 4 aromatic heterocycles. The van der Waals surface area contributed by atoms with Crippen LogP contribution in [0.4, 0.5) is 0 Å². The number of benzene rings is 1. The van der Waals surface area contributed by atoms with Gasteiger partial charge >= 0.3 is 0 Å². The maximum atomic E-state index is 4.78. The number of nitrogens with zero attached hydrogens (tertiary/aromatic N) is 5. The molecule has 0 unspecified atom stereocenters. The topological polar surface area (TPSA) is 64.5 Å². The molecule has 0 spiro atoms. The van der Waals surface area contributed by atoms with Crippen molar-refractivity contribution in [3.63, 3.8) is 0 Å². The highest BCUT2D eigenvalue weighted by molar-refractivity contribution is 9.10. The van der Waals surface area contributed by atoms with E-state index in [-0.39, 0.29) is 0 Å². The molecule has 6 heteroatoms. The van der Waals surface area contributed by atoms with Gasteiger partial charge in [0.25, 0.3) is 0 Å². The number of hydrogen-bond acceptors (Lipinski definition) is 5. The molecule has 0 atom stereocenters. The van der Waals surface area contributed by atoms with Crippen LogP contribution in [-0.2, 0) is 0 Å². The highest BCUT2D eigenvalue weighted by atomic mass is 79.9. The predicted octanol–water partition coefficient (Wildman–Crippen LogP) is 5.58. The molecular formula is C23H14BrN5. The number of pyridine rings is 3. The van der Waals surface area contributed by atoms with Crippen molar-refractivity contribution in [2.75, 3.05) is 0 Å². The highest BCUT2D eigenvalue weighted by Gasteiger charge is 2.12. The Morgan fingerprint density at radius 1 is 0.621 bits per heavy atom. The Kier molecular flexibility index (Phi) is 4.54. The second-order valence-corrected chi connectivity index (χ2v) is 7.39. The molecule has 0 aliphatic rings. The third kappa shape index (κ3) is 3.62. The lowest BCUT2D eigenvalue weighted by molar-refractivity contribution is 1.15. The summed E-state index contributed by atoms with van der Waals surface area (Å²) in [7, 11) is 0. The fourth-order valence-electron chi connectivity index (χ4n) is 3.11. The van der Waals surface area contributed by atoms with Crippen LogP contribution < -0.4 is 0 Å². The molecular weight excluding hydrogens is 426 g/mol. The summed E-state index contributed by atoms with van der Waals surface area (Å²) in [6.45, 7) is 0. The van der Waals surface area contributed by atoms with Crippen molar-refractivity contribution in [1.29, 1.82) is 0 Å². The summed E-state index contributed by atoms with van der Waals surface area (Å²) in [5, 5.41) is 1.05. The van der Waals surface area contributed by atoms with Crippen molar-refractivity contribution in [2.45, 2.75) is 0 Å². The summed E-state index contributed by atoms with van der Waals surface area (Å²) in [6, 6.07) is 19.7. The Bertz CT molecular complexity index is 1250. The monoisotopic (exact) mass is 439 g/mol. The van der Waals surface area contributed by atoms with E-state index in [2.05, 4.69) is 25.9 Å². The Morgan fingerprint density at radius 3 is 1.93 bits per heavy atom. The van der Waals surface area contributed by atoms with Crippen molar-refractivity contribution in [1.82, 2.24) is 24.9 Å². The van der Waals surface area contributed by atoms with Crippen LogP contribution in [0.1, 0.15) is 0 Å². The molecule has 0 aliphatic heterocycles. The zero-order chi connectivity index (χ0) is 19.6. The summed E-state index contributed by atoms with van der Waals surface area (Å²) in [5.74, 6) is 0.565. The lowest BCUT2D eigenvalue weighted by atomic mass is 10.1. The number of halogens is 1. The molecule has 5 nitrogen and oxygen atoms in total. The van der Waals surface area contributed by atoms with E-state index in [1.165, 1.54) is 0 Å². The van der Waals surface area contributed by atoms with E-state index in [1.807, 2.05) is 60.7 Å². The average Bonchev–Trinajstić information content (AvgIpc) is 2.79. The molecule has 0 saturated carbocycles. The quantitative estimate of drug-likeness (QED) is 0.367. The van der Waals surface area contributed by atoms with Crippen LogP contribution in [0.5, 0.6) is 0 Å². The van der Waals surface area contributed by atoms with E-state index in [0.717, 1.165) is 43.6 Å². The Labute approximate surface area is 175 Å². The fraction of sp³-hybridized carbons (Fsp3) is 0. The average molecular weight is 440 g/mol. The summed E-state index contributed by atoms with van der Waals surface area (Å²) < 4.78 is 1.02. The van der Waals surface area contributed by atoms with E-state index >= 15 is 0 Å². The maximum absolute atomic E-state index is 4.78. The molecule has 0 fully saturated rings. The van der Waals surface area contributed by atoms with E-state index in [9.17, 15) is 0 Å². The lowest BCUT2D eigenvalue weighted by Crippen LogP contribution is -1.98. The van der Waals surface area contributed by atoms with Crippen molar-refractivity contribution in [2.24, 2.45) is 0 Å². The molecule has 138 valence electrons. The van der Waals surface area contributed by atoms with E-state index in [4.69, 9.17) is 15.0 Å². The molecule has 0 radical (unpaired) electrons. The number of hydrogen-bond donors (Lipinski definition) is 0. The fourth-order valence-corrected chi connectivity index (χ4v) is 3.49. The van der Waals surface area contributed by atoms with Crippen LogP contribution in [0, 0.1) is 0 Å². The molecule has 5 rings (SSSR count). The molecule has 4 heterocycles. The Morgan fingerprint density at radius 2 is 1.31 bits per heavy atom. The number of rotatable bonds is 3. The number of aromatic nitrogens is 5. The van der Waals surface area contributed by atoms with Gasteiger partial charge in [-0.05, 0) is 54.6 Å². The minimum Gasteiger partial charge on any atom is -0.264 e. The zero-order valence-corrected chi connectivity index (χ0v) is 16.8. The smallest absolute Gasteiger partial charge is 0.179 e. The first-order valence-corrected chi connectivity index (χ1v) is 9.82. The van der Waals surface area contributed by atoms with Crippen LogP contribution in [-0.4, -0.2) is 24.9 Å². The van der Waals surface area contributed by atoms with E-state index in [1.54, 1.807) is 24.8 Å². The minimum atomic E-state index is 0.565. The third-order valence-corrected chi connectivity index (χ3v) is 5.01. The van der Waals surface area contributed by atoms with E-state index < -0.39 is 0 Å². The van der Waals surface area contributed by atoms with Gasteiger partial charge in [-0.1, -0.05) is 22.0 Å². The summed E-state index contributed by atoms with van der Waals surface area (Å²) in [4.78, 5) is 22.8. The van der Waals surface area contributed by atoms with Crippen LogP contribution in [0.2, 0.25) is 0 Å². The third-order valence-electron chi connectivity index (χ3n) is 4.52. The maximum Gasteiger partial charge on any atom is 0.179 e. The van der Waals surface area contributed by atoms with Gasteiger partial charge < -0.3 is 0 Å². The van der Waals surface area contributed by atoms with Gasteiger partial charge in [-0.25, -0.2) is 15.0 Å². The van der Waals surface area contributed by atoms with Crippen LogP contribution >= 0.6 is 15.9 Å². The second-order valence-electron chi connectivity index (χ2n) is 6.48. The number of fused-ring (bicyclic) bond motifs is 1. The molecule has 29 heavy (non-hydrogen) atoms. The Hall–Kier alpha value is -3.51. The van der Waals surface area contributed by atoms with Crippen LogP contribution in [0.25, 0.3) is 44.9 Å². The molecule has 5 aromatic rings. The summed E-state index contributed by atoms with van der Waals surface area (Å²) in [6.07, 6.45) is 7.09. The normalized spacial score (nSPS) is 10.9. The highest BCUT2D eigenvalue weighted by Crippen LogP contribution is 2.27. The van der Waals surface area contributed by atoms with Gasteiger partial charge in [-0.15, -0.1) is 0 Å². The first-order valence-electron chi connectivity index (χ1n) is 9.03. The molecule has 0 saturated heterocycles. The van der Waals surface area contributed by atoms with Gasteiger partial charge in [-0.2, -0.15) is 0 Å². The second kappa shape index (κ2) is 7.48. The SMILES string of the molecule is Brc1ccc2nc(-c3nc(-c4cccnc4)cc(-c4cccnc4)n3)ccc2c1. The molecule has 0 bridgehead atoms. The molecule has 0 N–H and O–H groups in total. The standard InChI is InChI=1S/C23H14BrN5/c24-18-6-8-19-15(11-18)5-7-20(27-19)23-28-21(16-3-1-9-25-13-16)12-22(29-23)17-4-2-10-26-14-17/h1-14H. The van der Waals surface area contributed by atoms with Crippen LogP contribution in [0.3, 0.4) is 0 Å². The van der Waals surface area contributed by atoms with Crippen molar-refractivity contribution >= 4 is 26.8 Å². The first-order chi connectivity index (χ1) is 14.3.